The molecule has 0 saturated carbocycles. The molecule has 12 heavy (non-hydrogen) atoms. The average Bonchev–Trinajstić information content (AvgIpc) is 2.53. The molecule has 0 bridgehead atoms. The van der Waals surface area contributed by atoms with Gasteiger partial charge in [0.05, 0.1) is 0 Å². The maximum atomic E-state index is 4.35. The van der Waals surface area contributed by atoms with E-state index >= 15 is 0 Å². The first-order valence-electron chi connectivity index (χ1n) is 4.33. The van der Waals surface area contributed by atoms with Crippen LogP contribution in [0, 0.1) is 0 Å². The molecule has 2 rings (SSSR count). The van der Waals surface area contributed by atoms with E-state index in [1.165, 1.54) is 16.6 Å². The molecule has 2 heterocycles. The molecular formula is C10H12N2. The van der Waals surface area contributed by atoms with E-state index in [4.69, 9.17) is 0 Å². The predicted octanol–water partition coefficient (Wildman–Crippen LogP) is 2.52. The molecule has 0 unspecified atom stereocenters. The molecule has 2 aromatic heterocycles. The Bertz CT molecular complexity index is 376. The van der Waals surface area contributed by atoms with Crippen LogP contribution in [0.25, 0.3) is 10.9 Å². The lowest BCUT2D eigenvalue weighted by Gasteiger charge is -1.98. The van der Waals surface area contributed by atoms with Crippen molar-refractivity contribution in [2.24, 2.45) is 0 Å². The van der Waals surface area contributed by atoms with Crippen molar-refractivity contribution >= 4 is 10.9 Å². The molecule has 1 N–H and O–H groups in total. The molecule has 62 valence electrons. The summed E-state index contributed by atoms with van der Waals surface area (Å²) in [5.74, 6) is 0. The fourth-order valence-electron chi connectivity index (χ4n) is 1.48. The summed E-state index contributed by atoms with van der Waals surface area (Å²) in [6.45, 7) is 2.17. The van der Waals surface area contributed by atoms with E-state index in [1.54, 1.807) is 0 Å². The van der Waals surface area contributed by atoms with Crippen LogP contribution < -0.4 is 0 Å². The van der Waals surface area contributed by atoms with Gasteiger partial charge in [0.2, 0.25) is 0 Å². The van der Waals surface area contributed by atoms with E-state index in [0.717, 1.165) is 12.8 Å². The van der Waals surface area contributed by atoms with Crippen LogP contribution in [0.4, 0.5) is 0 Å². The second-order valence-electron chi connectivity index (χ2n) is 2.95. The van der Waals surface area contributed by atoms with E-state index in [0.29, 0.717) is 0 Å². The van der Waals surface area contributed by atoms with Crippen LogP contribution in [0.15, 0.2) is 24.5 Å². The summed E-state index contributed by atoms with van der Waals surface area (Å²) in [4.78, 5) is 7.53. The number of aromatic nitrogens is 2. The van der Waals surface area contributed by atoms with Crippen molar-refractivity contribution in [1.82, 2.24) is 9.97 Å². The Morgan fingerprint density at radius 1 is 1.42 bits per heavy atom. The first-order valence-corrected chi connectivity index (χ1v) is 4.33. The Labute approximate surface area is 71.6 Å². The van der Waals surface area contributed by atoms with Crippen molar-refractivity contribution in [3.8, 4) is 0 Å². The molecule has 0 fully saturated rings. The first kappa shape index (κ1) is 7.35. The van der Waals surface area contributed by atoms with E-state index in [1.807, 2.05) is 18.5 Å². The molecular weight excluding hydrogens is 148 g/mol. The van der Waals surface area contributed by atoms with Gasteiger partial charge >= 0.3 is 0 Å². The van der Waals surface area contributed by atoms with E-state index in [-0.39, 0.29) is 0 Å². The fraction of sp³-hybridized carbons (Fsp3) is 0.300. The maximum absolute atomic E-state index is 4.35. The standard InChI is InChI=1S/C10H12N2/c1-2-3-9-8-4-6-11-10(8)5-7-12-9/h4-7,11H,2-3H2,1H3. The van der Waals surface area contributed by atoms with Crippen LogP contribution in [0.3, 0.4) is 0 Å². The SMILES string of the molecule is CCCc1nccc2[nH]ccc12. The van der Waals surface area contributed by atoms with Gasteiger partial charge in [0.1, 0.15) is 0 Å². The number of nitrogens with zero attached hydrogens (tertiary/aromatic N) is 1. The van der Waals surface area contributed by atoms with Crippen molar-refractivity contribution in [2.75, 3.05) is 0 Å². The second-order valence-corrected chi connectivity index (χ2v) is 2.95. The number of fused-ring (bicyclic) bond motifs is 1. The molecule has 0 amide bonds. The third-order valence-corrected chi connectivity index (χ3v) is 2.05. The van der Waals surface area contributed by atoms with Crippen LogP contribution in [-0.4, -0.2) is 9.97 Å². The molecule has 0 saturated heterocycles. The van der Waals surface area contributed by atoms with Crippen LogP contribution in [0.5, 0.6) is 0 Å². The van der Waals surface area contributed by atoms with Crippen LogP contribution >= 0.6 is 0 Å². The molecule has 0 aliphatic heterocycles. The van der Waals surface area contributed by atoms with Crippen molar-refractivity contribution in [3.05, 3.63) is 30.2 Å². The predicted molar refractivity (Wildman–Crippen MR) is 50.1 cm³/mol. The Hall–Kier alpha value is -1.31. The number of hydrogen-bond acceptors (Lipinski definition) is 1. The van der Waals surface area contributed by atoms with Gasteiger partial charge in [-0.2, -0.15) is 0 Å². The fourth-order valence-corrected chi connectivity index (χ4v) is 1.48. The number of aryl methyl sites for hydroxylation is 1. The largest absolute Gasteiger partial charge is 0.361 e. The smallest absolute Gasteiger partial charge is 0.0497 e. The lowest BCUT2D eigenvalue weighted by atomic mass is 10.1. The van der Waals surface area contributed by atoms with Gasteiger partial charge < -0.3 is 4.98 Å². The lowest BCUT2D eigenvalue weighted by molar-refractivity contribution is 0.893. The van der Waals surface area contributed by atoms with Crippen LogP contribution in [-0.2, 0) is 6.42 Å². The van der Waals surface area contributed by atoms with Crippen molar-refractivity contribution in [1.29, 1.82) is 0 Å². The Morgan fingerprint density at radius 3 is 3.17 bits per heavy atom. The molecule has 0 aromatic carbocycles. The minimum atomic E-state index is 1.06. The quantitative estimate of drug-likeness (QED) is 0.718. The van der Waals surface area contributed by atoms with Gasteiger partial charge in [-0.3, -0.25) is 4.98 Å². The zero-order valence-corrected chi connectivity index (χ0v) is 7.17. The third kappa shape index (κ3) is 1.09. The molecule has 0 spiro atoms. The van der Waals surface area contributed by atoms with Gasteiger partial charge in [0, 0.05) is 29.0 Å². The second kappa shape index (κ2) is 2.97. The summed E-state index contributed by atoms with van der Waals surface area (Å²) in [7, 11) is 0. The number of aromatic amines is 1. The molecule has 0 radical (unpaired) electrons. The summed E-state index contributed by atoms with van der Waals surface area (Å²) in [6, 6.07) is 4.10. The van der Waals surface area contributed by atoms with E-state index in [2.05, 4.69) is 23.0 Å². The normalized spacial score (nSPS) is 10.8. The monoisotopic (exact) mass is 160 g/mol. The highest BCUT2D eigenvalue weighted by atomic mass is 14.7. The van der Waals surface area contributed by atoms with Gasteiger partial charge in [0.25, 0.3) is 0 Å². The Morgan fingerprint density at radius 2 is 2.33 bits per heavy atom. The van der Waals surface area contributed by atoms with Crippen LogP contribution in [0.2, 0.25) is 0 Å². The Balaban J connectivity index is 2.57. The molecule has 2 heteroatoms. The summed E-state index contributed by atoms with van der Waals surface area (Å²) < 4.78 is 0. The van der Waals surface area contributed by atoms with Crippen molar-refractivity contribution < 1.29 is 0 Å². The van der Waals surface area contributed by atoms with Crippen LogP contribution in [0.1, 0.15) is 19.0 Å². The topological polar surface area (TPSA) is 28.7 Å². The minimum Gasteiger partial charge on any atom is -0.361 e. The van der Waals surface area contributed by atoms with Gasteiger partial charge in [-0.15, -0.1) is 0 Å². The number of nitrogens with one attached hydrogen (secondary N) is 1. The number of hydrogen-bond donors (Lipinski definition) is 1. The average molecular weight is 160 g/mol. The van der Waals surface area contributed by atoms with Crippen molar-refractivity contribution in [3.63, 3.8) is 0 Å². The number of H-pyrrole nitrogens is 1. The zero-order chi connectivity index (χ0) is 8.39. The number of rotatable bonds is 2. The van der Waals surface area contributed by atoms with Crippen molar-refractivity contribution in [2.45, 2.75) is 19.8 Å². The van der Waals surface area contributed by atoms with Gasteiger partial charge in [-0.25, -0.2) is 0 Å². The molecule has 2 nitrogen and oxygen atoms in total. The molecule has 0 aliphatic rings. The summed E-state index contributed by atoms with van der Waals surface area (Å²) in [6.07, 6.45) is 6.04. The summed E-state index contributed by atoms with van der Waals surface area (Å²) in [5.41, 5.74) is 2.39. The van der Waals surface area contributed by atoms with E-state index < -0.39 is 0 Å². The summed E-state index contributed by atoms with van der Waals surface area (Å²) >= 11 is 0. The van der Waals surface area contributed by atoms with Gasteiger partial charge in [-0.05, 0) is 18.6 Å². The van der Waals surface area contributed by atoms with Gasteiger partial charge in [0.15, 0.2) is 0 Å². The lowest BCUT2D eigenvalue weighted by Crippen LogP contribution is -1.88. The highest BCUT2D eigenvalue weighted by Crippen LogP contribution is 2.15. The van der Waals surface area contributed by atoms with Gasteiger partial charge in [-0.1, -0.05) is 13.3 Å². The zero-order valence-electron chi connectivity index (χ0n) is 7.17. The van der Waals surface area contributed by atoms with E-state index in [9.17, 15) is 0 Å². The summed E-state index contributed by atoms with van der Waals surface area (Å²) in [5, 5.41) is 1.26. The highest BCUT2D eigenvalue weighted by Gasteiger charge is 2.00. The molecule has 0 aliphatic carbocycles. The molecule has 0 atom stereocenters. The maximum Gasteiger partial charge on any atom is 0.0497 e. The number of pyridine rings is 1. The minimum absolute atomic E-state index is 1.06. The third-order valence-electron chi connectivity index (χ3n) is 2.05. The Kier molecular flexibility index (Phi) is 1.82. The molecule has 2 aromatic rings. The highest BCUT2D eigenvalue weighted by molar-refractivity contribution is 5.81. The first-order chi connectivity index (χ1) is 5.92.